The van der Waals surface area contributed by atoms with Gasteiger partial charge in [0.25, 0.3) is 5.69 Å². The van der Waals surface area contributed by atoms with Crippen LogP contribution in [0.3, 0.4) is 0 Å². The van der Waals surface area contributed by atoms with Gasteiger partial charge in [-0.2, -0.15) is 0 Å². The number of rotatable bonds is 1. The average molecular weight is 290 g/mol. The molecule has 2 aromatic rings. The van der Waals surface area contributed by atoms with E-state index in [1.165, 1.54) is 11.3 Å². The summed E-state index contributed by atoms with van der Waals surface area (Å²) in [5.41, 5.74) is 0.152. The molecule has 0 unspecified atom stereocenters. The summed E-state index contributed by atoms with van der Waals surface area (Å²) < 4.78 is 1.68. The highest BCUT2D eigenvalue weighted by Gasteiger charge is 2.16. The van der Waals surface area contributed by atoms with Gasteiger partial charge < -0.3 is 0 Å². The molecule has 1 aromatic carbocycles. The van der Waals surface area contributed by atoms with Crippen LogP contribution in [0.15, 0.2) is 26.9 Å². The van der Waals surface area contributed by atoms with Crippen molar-refractivity contribution in [1.82, 2.24) is 0 Å². The molecular weight excluding hydrogens is 286 g/mol. The van der Waals surface area contributed by atoms with Gasteiger partial charge in [-0.25, -0.2) is 0 Å². The van der Waals surface area contributed by atoms with Gasteiger partial charge in [-0.05, 0) is 28.1 Å². The normalized spacial score (nSPS) is 10.7. The summed E-state index contributed by atoms with van der Waals surface area (Å²) in [5, 5.41) is 12.9. The molecule has 1 aromatic heterocycles. The molecule has 3 nitrogen and oxygen atoms in total. The van der Waals surface area contributed by atoms with E-state index in [2.05, 4.69) is 28.6 Å². The fourth-order valence-corrected chi connectivity index (χ4v) is 3.03. The summed E-state index contributed by atoms with van der Waals surface area (Å²) in [4.78, 5) is 11.1. The number of thiol groups is 1. The minimum atomic E-state index is -0.372. The van der Waals surface area contributed by atoms with Crippen LogP contribution < -0.4 is 0 Å². The quantitative estimate of drug-likeness (QED) is 0.492. The molecule has 14 heavy (non-hydrogen) atoms. The van der Waals surface area contributed by atoms with Crippen molar-refractivity contribution in [2.75, 3.05) is 0 Å². The van der Waals surface area contributed by atoms with Crippen molar-refractivity contribution in [1.29, 1.82) is 0 Å². The van der Waals surface area contributed by atoms with Gasteiger partial charge in [0.1, 0.15) is 0 Å². The van der Waals surface area contributed by atoms with Crippen LogP contribution in [0, 0.1) is 10.1 Å². The largest absolute Gasteiger partial charge is 0.287 e. The lowest BCUT2D eigenvalue weighted by atomic mass is 10.2. The monoisotopic (exact) mass is 289 g/mol. The molecular formula is C8H4BrNO2S2. The highest BCUT2D eigenvalue weighted by molar-refractivity contribution is 9.10. The summed E-state index contributed by atoms with van der Waals surface area (Å²) in [6.45, 7) is 0. The van der Waals surface area contributed by atoms with Gasteiger partial charge in [-0.3, -0.25) is 10.1 Å². The molecule has 0 aliphatic carbocycles. The molecule has 0 saturated heterocycles. The average Bonchev–Trinajstić information content (AvgIpc) is 2.55. The van der Waals surface area contributed by atoms with Gasteiger partial charge in [0, 0.05) is 9.37 Å². The second-order valence-electron chi connectivity index (χ2n) is 2.65. The third kappa shape index (κ3) is 1.43. The van der Waals surface area contributed by atoms with Crippen molar-refractivity contribution in [2.24, 2.45) is 0 Å². The molecule has 72 valence electrons. The summed E-state index contributed by atoms with van der Waals surface area (Å²) in [5.74, 6) is 0. The third-order valence-electron chi connectivity index (χ3n) is 1.84. The van der Waals surface area contributed by atoms with Crippen LogP contribution in [0.1, 0.15) is 0 Å². The van der Waals surface area contributed by atoms with Crippen LogP contribution in [-0.4, -0.2) is 4.92 Å². The van der Waals surface area contributed by atoms with Crippen LogP contribution >= 0.6 is 39.9 Å². The second-order valence-corrected chi connectivity index (χ2v) is 4.81. The maximum atomic E-state index is 10.7. The van der Waals surface area contributed by atoms with Crippen molar-refractivity contribution in [3.05, 3.63) is 32.1 Å². The Labute approximate surface area is 97.4 Å². The topological polar surface area (TPSA) is 43.1 Å². The zero-order valence-electron chi connectivity index (χ0n) is 6.73. The Kier molecular flexibility index (Phi) is 2.50. The molecule has 1 heterocycles. The number of halogens is 1. The lowest BCUT2D eigenvalue weighted by molar-refractivity contribution is -0.382. The fourth-order valence-electron chi connectivity index (χ4n) is 1.18. The number of nitrogens with zero attached hydrogens (tertiary/aromatic N) is 1. The van der Waals surface area contributed by atoms with Gasteiger partial charge in [0.2, 0.25) is 0 Å². The molecule has 0 atom stereocenters. The highest BCUT2D eigenvalue weighted by Crippen LogP contribution is 2.39. The van der Waals surface area contributed by atoms with Crippen molar-refractivity contribution in [2.45, 2.75) is 4.90 Å². The highest BCUT2D eigenvalue weighted by atomic mass is 79.9. The summed E-state index contributed by atoms with van der Waals surface area (Å²) in [6, 6.07) is 3.46. The van der Waals surface area contributed by atoms with E-state index in [-0.39, 0.29) is 10.6 Å². The van der Waals surface area contributed by atoms with E-state index in [0.717, 1.165) is 14.1 Å². The Hall–Kier alpha value is -0.590. The van der Waals surface area contributed by atoms with Crippen molar-refractivity contribution < 1.29 is 4.92 Å². The summed E-state index contributed by atoms with van der Waals surface area (Å²) >= 11 is 8.92. The number of thiophene rings is 1. The molecule has 2 rings (SSSR count). The van der Waals surface area contributed by atoms with Crippen LogP contribution in [0.2, 0.25) is 0 Å². The zero-order valence-corrected chi connectivity index (χ0v) is 10.0. The summed E-state index contributed by atoms with van der Waals surface area (Å²) in [7, 11) is 0. The SMILES string of the molecule is O=[N+]([O-])c1csc2c(Br)c(S)ccc12. The predicted molar refractivity (Wildman–Crippen MR) is 63.4 cm³/mol. The van der Waals surface area contributed by atoms with Gasteiger partial charge >= 0.3 is 0 Å². The van der Waals surface area contributed by atoms with E-state index in [9.17, 15) is 10.1 Å². The van der Waals surface area contributed by atoms with Crippen LogP contribution in [0.4, 0.5) is 5.69 Å². The smallest absolute Gasteiger partial charge is 0.258 e. The number of benzene rings is 1. The molecule has 0 amide bonds. The van der Waals surface area contributed by atoms with Crippen LogP contribution in [0.25, 0.3) is 10.1 Å². The van der Waals surface area contributed by atoms with Gasteiger partial charge in [-0.1, -0.05) is 0 Å². The van der Waals surface area contributed by atoms with E-state index in [4.69, 9.17) is 0 Å². The molecule has 0 aliphatic rings. The van der Waals surface area contributed by atoms with Crippen molar-refractivity contribution >= 4 is 55.7 Å². The minimum Gasteiger partial charge on any atom is -0.258 e. The zero-order chi connectivity index (χ0) is 10.3. The van der Waals surface area contributed by atoms with Crippen LogP contribution in [0.5, 0.6) is 0 Å². The van der Waals surface area contributed by atoms with Gasteiger partial charge in [0.15, 0.2) is 0 Å². The van der Waals surface area contributed by atoms with Gasteiger partial charge in [0.05, 0.1) is 20.4 Å². The lowest BCUT2D eigenvalue weighted by Gasteiger charge is -1.96. The van der Waals surface area contributed by atoms with Crippen LogP contribution in [-0.2, 0) is 0 Å². The molecule has 0 N–H and O–H groups in total. The minimum absolute atomic E-state index is 0.152. The van der Waals surface area contributed by atoms with Crippen molar-refractivity contribution in [3.63, 3.8) is 0 Å². The molecule has 0 aliphatic heterocycles. The Balaban J connectivity index is 2.83. The second kappa shape index (κ2) is 3.52. The van der Waals surface area contributed by atoms with Crippen molar-refractivity contribution in [3.8, 4) is 0 Å². The standard InChI is InChI=1S/C8H4BrNO2S2/c9-7-6(13)2-1-4-5(10(11)12)3-14-8(4)7/h1-3,13H. The predicted octanol–water partition coefficient (Wildman–Crippen LogP) is 3.86. The number of hydrogen-bond acceptors (Lipinski definition) is 4. The Morgan fingerprint density at radius 1 is 1.50 bits per heavy atom. The lowest BCUT2D eigenvalue weighted by Crippen LogP contribution is -1.84. The Morgan fingerprint density at radius 2 is 2.21 bits per heavy atom. The number of fused-ring (bicyclic) bond motifs is 1. The molecule has 0 radical (unpaired) electrons. The Morgan fingerprint density at radius 3 is 2.86 bits per heavy atom. The summed E-state index contributed by atoms with van der Waals surface area (Å²) in [6.07, 6.45) is 0. The first-order valence-corrected chi connectivity index (χ1v) is 5.76. The van der Waals surface area contributed by atoms with E-state index in [0.29, 0.717) is 5.39 Å². The first kappa shape index (κ1) is 9.95. The Bertz CT molecular complexity index is 523. The number of nitro groups is 1. The molecule has 0 saturated carbocycles. The van der Waals surface area contributed by atoms with E-state index < -0.39 is 0 Å². The number of hydrogen-bond donors (Lipinski definition) is 1. The van der Waals surface area contributed by atoms with E-state index in [1.807, 2.05) is 0 Å². The fraction of sp³-hybridized carbons (Fsp3) is 0. The third-order valence-corrected chi connectivity index (χ3v) is 4.60. The first-order valence-electron chi connectivity index (χ1n) is 3.64. The van der Waals surface area contributed by atoms with Gasteiger partial charge in [-0.15, -0.1) is 24.0 Å². The van der Waals surface area contributed by atoms with E-state index >= 15 is 0 Å². The molecule has 6 heteroatoms. The maximum absolute atomic E-state index is 10.7. The molecule has 0 spiro atoms. The molecule has 0 bridgehead atoms. The van der Waals surface area contributed by atoms with E-state index in [1.54, 1.807) is 17.5 Å². The first-order chi connectivity index (χ1) is 6.61. The maximum Gasteiger partial charge on any atom is 0.287 e. The molecule has 0 fully saturated rings.